The van der Waals surface area contributed by atoms with E-state index in [1.165, 1.54) is 11.0 Å². The first kappa shape index (κ1) is 19.3. The van der Waals surface area contributed by atoms with Crippen molar-refractivity contribution in [3.05, 3.63) is 64.7 Å². The zero-order valence-corrected chi connectivity index (χ0v) is 15.5. The molecule has 0 spiro atoms. The normalized spacial score (nSPS) is 18.1. The Labute approximate surface area is 161 Å². The van der Waals surface area contributed by atoms with Crippen LogP contribution in [-0.2, 0) is 9.59 Å². The molecule has 0 aliphatic heterocycles. The van der Waals surface area contributed by atoms with Gasteiger partial charge < -0.3 is 10.2 Å². The first-order chi connectivity index (χ1) is 12.9. The number of nitrogens with zero attached hydrogens (tertiary/aromatic N) is 1. The molecular weight excluding hydrogens is 374 g/mol. The fourth-order valence-electron chi connectivity index (χ4n) is 3.14. The van der Waals surface area contributed by atoms with Gasteiger partial charge in [-0.05, 0) is 43.0 Å². The molecule has 2 atom stereocenters. The van der Waals surface area contributed by atoms with Crippen LogP contribution >= 0.6 is 11.6 Å². The lowest BCUT2D eigenvalue weighted by molar-refractivity contribution is -0.135. The standard InChI is InChI=1S/C20H19ClF2N2O2/c1-2-25(11-18(26)24-19-16(22)8-5-9-17(19)23)20(27)14-10-13(14)12-6-3-4-7-15(12)21/h3-9,13-14H,2,10-11H2,1H3,(H,24,26). The Morgan fingerprint density at radius 3 is 2.44 bits per heavy atom. The molecule has 3 rings (SSSR count). The summed E-state index contributed by atoms with van der Waals surface area (Å²) in [6.45, 7) is 1.80. The van der Waals surface area contributed by atoms with Crippen LogP contribution in [0.1, 0.15) is 24.8 Å². The third-order valence-electron chi connectivity index (χ3n) is 4.67. The molecule has 0 saturated heterocycles. The van der Waals surface area contributed by atoms with Crippen LogP contribution in [0, 0.1) is 17.6 Å². The lowest BCUT2D eigenvalue weighted by Crippen LogP contribution is -2.39. The van der Waals surface area contributed by atoms with Crippen molar-refractivity contribution in [3.63, 3.8) is 0 Å². The van der Waals surface area contributed by atoms with Crippen LogP contribution in [-0.4, -0.2) is 29.8 Å². The van der Waals surface area contributed by atoms with Crippen LogP contribution in [0.3, 0.4) is 0 Å². The number of para-hydroxylation sites is 1. The zero-order valence-electron chi connectivity index (χ0n) is 14.7. The van der Waals surface area contributed by atoms with E-state index in [1.54, 1.807) is 13.0 Å². The van der Waals surface area contributed by atoms with Crippen molar-refractivity contribution in [2.24, 2.45) is 5.92 Å². The molecule has 1 saturated carbocycles. The Kier molecular flexibility index (Phi) is 5.75. The van der Waals surface area contributed by atoms with Gasteiger partial charge in [0.15, 0.2) is 0 Å². The van der Waals surface area contributed by atoms with Gasteiger partial charge in [0.1, 0.15) is 17.3 Å². The van der Waals surface area contributed by atoms with E-state index < -0.39 is 23.2 Å². The second-order valence-electron chi connectivity index (χ2n) is 6.47. The van der Waals surface area contributed by atoms with Crippen LogP contribution in [0.2, 0.25) is 5.02 Å². The second-order valence-corrected chi connectivity index (χ2v) is 6.87. The van der Waals surface area contributed by atoms with Gasteiger partial charge in [-0.1, -0.05) is 35.9 Å². The first-order valence-electron chi connectivity index (χ1n) is 8.69. The van der Waals surface area contributed by atoms with Crippen molar-refractivity contribution in [1.29, 1.82) is 0 Å². The fourth-order valence-corrected chi connectivity index (χ4v) is 3.41. The monoisotopic (exact) mass is 392 g/mol. The lowest BCUT2D eigenvalue weighted by atomic mass is 10.1. The van der Waals surface area contributed by atoms with Crippen molar-refractivity contribution in [3.8, 4) is 0 Å². The maximum absolute atomic E-state index is 13.7. The van der Waals surface area contributed by atoms with E-state index in [-0.39, 0.29) is 24.3 Å². The minimum Gasteiger partial charge on any atom is -0.333 e. The minimum absolute atomic E-state index is 0.0346. The molecular formula is C20H19ClF2N2O2. The molecule has 0 heterocycles. The lowest BCUT2D eigenvalue weighted by Gasteiger charge is -2.21. The topological polar surface area (TPSA) is 49.4 Å². The number of anilines is 1. The maximum atomic E-state index is 13.7. The number of hydrogen-bond acceptors (Lipinski definition) is 2. The summed E-state index contributed by atoms with van der Waals surface area (Å²) in [6.07, 6.45) is 0.669. The summed E-state index contributed by atoms with van der Waals surface area (Å²) in [5.41, 5.74) is 0.415. The molecule has 1 aliphatic carbocycles. The fraction of sp³-hybridized carbons (Fsp3) is 0.300. The number of amides is 2. The van der Waals surface area contributed by atoms with E-state index in [0.717, 1.165) is 17.7 Å². The van der Waals surface area contributed by atoms with Gasteiger partial charge in [-0.25, -0.2) is 8.78 Å². The Morgan fingerprint density at radius 1 is 1.15 bits per heavy atom. The number of halogens is 3. The largest absolute Gasteiger partial charge is 0.333 e. The predicted octanol–water partition coefficient (Wildman–Crippen LogP) is 4.21. The van der Waals surface area contributed by atoms with E-state index >= 15 is 0 Å². The molecule has 2 aromatic rings. The van der Waals surface area contributed by atoms with Crippen LogP contribution in [0.15, 0.2) is 42.5 Å². The van der Waals surface area contributed by atoms with E-state index in [1.807, 2.05) is 18.2 Å². The summed E-state index contributed by atoms with van der Waals surface area (Å²) in [4.78, 5) is 26.3. The number of benzene rings is 2. The Balaban J connectivity index is 1.63. The molecule has 2 aromatic carbocycles. The number of carbonyl (C=O) groups excluding carboxylic acids is 2. The average molecular weight is 393 g/mol. The Morgan fingerprint density at radius 2 is 1.81 bits per heavy atom. The summed E-state index contributed by atoms with van der Waals surface area (Å²) in [7, 11) is 0. The van der Waals surface area contributed by atoms with E-state index in [2.05, 4.69) is 5.32 Å². The third-order valence-corrected chi connectivity index (χ3v) is 5.01. The van der Waals surface area contributed by atoms with Crippen LogP contribution in [0.5, 0.6) is 0 Å². The van der Waals surface area contributed by atoms with Gasteiger partial charge >= 0.3 is 0 Å². The Bertz CT molecular complexity index is 855. The molecule has 0 bridgehead atoms. The summed E-state index contributed by atoms with van der Waals surface area (Å²) >= 11 is 6.19. The smallest absolute Gasteiger partial charge is 0.244 e. The van der Waals surface area contributed by atoms with E-state index in [4.69, 9.17) is 11.6 Å². The Hall–Kier alpha value is -2.47. The second kappa shape index (κ2) is 8.05. The van der Waals surface area contributed by atoms with Crippen molar-refractivity contribution in [2.75, 3.05) is 18.4 Å². The highest BCUT2D eigenvalue weighted by atomic mass is 35.5. The van der Waals surface area contributed by atoms with E-state index in [0.29, 0.717) is 18.0 Å². The van der Waals surface area contributed by atoms with Crippen molar-refractivity contribution in [1.82, 2.24) is 4.90 Å². The van der Waals surface area contributed by atoms with Gasteiger partial charge in [0.05, 0.1) is 6.54 Å². The predicted molar refractivity (Wildman–Crippen MR) is 99.5 cm³/mol. The van der Waals surface area contributed by atoms with Gasteiger partial charge in [-0.15, -0.1) is 0 Å². The molecule has 1 N–H and O–H groups in total. The minimum atomic E-state index is -0.862. The summed E-state index contributed by atoms with van der Waals surface area (Å²) in [5, 5.41) is 2.82. The third kappa shape index (κ3) is 4.27. The van der Waals surface area contributed by atoms with Gasteiger partial charge in [0, 0.05) is 17.5 Å². The summed E-state index contributed by atoms with van der Waals surface area (Å²) < 4.78 is 27.3. The quantitative estimate of drug-likeness (QED) is 0.800. The molecule has 0 aromatic heterocycles. The molecule has 7 heteroatoms. The zero-order chi connectivity index (χ0) is 19.6. The van der Waals surface area contributed by atoms with Crippen molar-refractivity contribution in [2.45, 2.75) is 19.3 Å². The van der Waals surface area contributed by atoms with Gasteiger partial charge in [0.2, 0.25) is 11.8 Å². The molecule has 1 aliphatic rings. The summed E-state index contributed by atoms with van der Waals surface area (Å²) in [6, 6.07) is 10.7. The van der Waals surface area contributed by atoms with Crippen LogP contribution in [0.4, 0.5) is 14.5 Å². The number of nitrogens with one attached hydrogen (secondary N) is 1. The van der Waals surface area contributed by atoms with Gasteiger partial charge in [-0.2, -0.15) is 0 Å². The average Bonchev–Trinajstić information content (AvgIpc) is 3.43. The number of carbonyl (C=O) groups is 2. The molecule has 4 nitrogen and oxygen atoms in total. The van der Waals surface area contributed by atoms with Gasteiger partial charge in [-0.3, -0.25) is 9.59 Å². The SMILES string of the molecule is CCN(CC(=O)Nc1c(F)cccc1F)C(=O)C1CC1c1ccccc1Cl. The number of hydrogen-bond donors (Lipinski definition) is 1. The van der Waals surface area contributed by atoms with E-state index in [9.17, 15) is 18.4 Å². The van der Waals surface area contributed by atoms with Crippen LogP contribution < -0.4 is 5.32 Å². The highest BCUT2D eigenvalue weighted by molar-refractivity contribution is 6.31. The van der Waals surface area contributed by atoms with Gasteiger partial charge in [0.25, 0.3) is 0 Å². The molecule has 142 valence electrons. The first-order valence-corrected chi connectivity index (χ1v) is 9.07. The molecule has 2 amide bonds. The summed E-state index contributed by atoms with van der Waals surface area (Å²) in [5.74, 6) is -2.73. The van der Waals surface area contributed by atoms with Crippen LogP contribution in [0.25, 0.3) is 0 Å². The molecule has 1 fully saturated rings. The molecule has 0 radical (unpaired) electrons. The maximum Gasteiger partial charge on any atom is 0.244 e. The van der Waals surface area contributed by atoms with Crippen molar-refractivity contribution >= 4 is 29.1 Å². The molecule has 27 heavy (non-hydrogen) atoms. The highest BCUT2D eigenvalue weighted by Gasteiger charge is 2.46. The number of rotatable bonds is 6. The number of likely N-dealkylation sites (N-methyl/N-ethyl adjacent to an activating group) is 1. The highest BCUT2D eigenvalue weighted by Crippen LogP contribution is 2.50. The molecule has 2 unspecified atom stereocenters. The van der Waals surface area contributed by atoms with Crippen molar-refractivity contribution < 1.29 is 18.4 Å².